The number of nitro benzene ring substituents is 1. The quantitative estimate of drug-likeness (QED) is 0.437. The number of hydrogen-bond donors (Lipinski definition) is 1. The van der Waals surface area contributed by atoms with Crippen LogP contribution in [-0.4, -0.2) is 28.1 Å². The summed E-state index contributed by atoms with van der Waals surface area (Å²) in [6.07, 6.45) is 0.766. The van der Waals surface area contributed by atoms with Crippen LogP contribution in [0.5, 0.6) is 5.75 Å². The van der Waals surface area contributed by atoms with Crippen molar-refractivity contribution in [2.24, 2.45) is 5.92 Å². The van der Waals surface area contributed by atoms with Crippen LogP contribution >= 0.6 is 0 Å². The first-order valence-electron chi connectivity index (χ1n) is 9.46. The third-order valence-electron chi connectivity index (χ3n) is 4.87. The highest BCUT2D eigenvalue weighted by atomic mass is 16.6. The molecule has 0 unspecified atom stereocenters. The number of ether oxygens (including phenoxy) is 1. The molecule has 1 amide bonds. The third-order valence-corrected chi connectivity index (χ3v) is 4.87. The second-order valence-corrected chi connectivity index (χ2v) is 6.83. The topological polar surface area (TPSA) is 120 Å². The lowest BCUT2D eigenvalue weighted by Gasteiger charge is -2.20. The SMILES string of the molecule is CC[C@H](C)[C@@H](NC(=O)c1ccc(OC)cc1)c1nc(-c2cccc([N+](=O)[O-])c2)no1. The van der Waals surface area contributed by atoms with Crippen molar-refractivity contribution in [2.75, 3.05) is 7.11 Å². The minimum Gasteiger partial charge on any atom is -0.497 e. The monoisotopic (exact) mass is 410 g/mol. The summed E-state index contributed by atoms with van der Waals surface area (Å²) in [6.45, 7) is 3.96. The van der Waals surface area contributed by atoms with Gasteiger partial charge in [-0.25, -0.2) is 0 Å². The van der Waals surface area contributed by atoms with E-state index in [1.165, 1.54) is 12.1 Å². The van der Waals surface area contributed by atoms with Gasteiger partial charge in [0.25, 0.3) is 11.6 Å². The van der Waals surface area contributed by atoms with Crippen molar-refractivity contribution in [3.8, 4) is 17.1 Å². The molecule has 0 saturated carbocycles. The first-order valence-corrected chi connectivity index (χ1v) is 9.46. The van der Waals surface area contributed by atoms with E-state index < -0.39 is 11.0 Å². The van der Waals surface area contributed by atoms with Crippen LogP contribution in [0.4, 0.5) is 5.69 Å². The largest absolute Gasteiger partial charge is 0.497 e. The predicted octanol–water partition coefficient (Wildman–Crippen LogP) is 4.17. The van der Waals surface area contributed by atoms with Gasteiger partial charge in [0.1, 0.15) is 11.8 Å². The van der Waals surface area contributed by atoms with Crippen LogP contribution < -0.4 is 10.1 Å². The molecule has 0 aliphatic carbocycles. The Balaban J connectivity index is 1.85. The van der Waals surface area contributed by atoms with E-state index in [-0.39, 0.29) is 29.2 Å². The highest BCUT2D eigenvalue weighted by Gasteiger charge is 2.27. The van der Waals surface area contributed by atoms with Gasteiger partial charge in [0.05, 0.1) is 12.0 Å². The Bertz CT molecular complexity index is 1030. The molecular formula is C21H22N4O5. The fourth-order valence-corrected chi connectivity index (χ4v) is 2.89. The van der Waals surface area contributed by atoms with Crippen molar-refractivity contribution in [2.45, 2.75) is 26.3 Å². The van der Waals surface area contributed by atoms with Crippen LogP contribution in [0.15, 0.2) is 53.1 Å². The van der Waals surface area contributed by atoms with Crippen molar-refractivity contribution in [1.82, 2.24) is 15.5 Å². The van der Waals surface area contributed by atoms with E-state index in [2.05, 4.69) is 15.5 Å². The normalized spacial score (nSPS) is 12.8. The predicted molar refractivity (Wildman–Crippen MR) is 109 cm³/mol. The van der Waals surface area contributed by atoms with Gasteiger partial charge in [0, 0.05) is 23.3 Å². The molecule has 0 spiro atoms. The van der Waals surface area contributed by atoms with Crippen molar-refractivity contribution >= 4 is 11.6 Å². The maximum atomic E-state index is 12.7. The fourth-order valence-electron chi connectivity index (χ4n) is 2.89. The van der Waals surface area contributed by atoms with E-state index in [9.17, 15) is 14.9 Å². The summed E-state index contributed by atoms with van der Waals surface area (Å²) in [6, 6.07) is 12.2. The molecule has 0 aliphatic heterocycles. The number of nitro groups is 1. The molecular weight excluding hydrogens is 388 g/mol. The smallest absolute Gasteiger partial charge is 0.270 e. The first kappa shape index (κ1) is 21.0. The molecule has 3 aromatic rings. The number of benzene rings is 2. The Morgan fingerprint density at radius 3 is 2.63 bits per heavy atom. The van der Waals surface area contributed by atoms with Gasteiger partial charge in [-0.15, -0.1) is 0 Å². The van der Waals surface area contributed by atoms with Gasteiger partial charge in [0.15, 0.2) is 0 Å². The maximum Gasteiger partial charge on any atom is 0.270 e. The Morgan fingerprint density at radius 2 is 2.00 bits per heavy atom. The number of methoxy groups -OCH3 is 1. The van der Waals surface area contributed by atoms with Crippen molar-refractivity contribution in [3.63, 3.8) is 0 Å². The second kappa shape index (κ2) is 9.17. The zero-order chi connectivity index (χ0) is 21.7. The van der Waals surface area contributed by atoms with Crippen LogP contribution in [-0.2, 0) is 0 Å². The molecule has 0 saturated heterocycles. The van der Waals surface area contributed by atoms with Crippen LogP contribution in [0, 0.1) is 16.0 Å². The number of aromatic nitrogens is 2. The van der Waals surface area contributed by atoms with E-state index in [4.69, 9.17) is 9.26 Å². The molecule has 0 radical (unpaired) electrons. The molecule has 0 bridgehead atoms. The zero-order valence-electron chi connectivity index (χ0n) is 16.9. The Labute approximate surface area is 173 Å². The molecule has 3 rings (SSSR count). The van der Waals surface area contributed by atoms with Crippen molar-refractivity contribution < 1.29 is 19.0 Å². The van der Waals surface area contributed by atoms with Gasteiger partial charge in [-0.05, 0) is 30.2 Å². The zero-order valence-corrected chi connectivity index (χ0v) is 16.9. The van der Waals surface area contributed by atoms with Crippen molar-refractivity contribution in [3.05, 3.63) is 70.1 Å². The summed E-state index contributed by atoms with van der Waals surface area (Å²) in [5, 5.41) is 17.9. The molecule has 9 heteroatoms. The number of carbonyl (C=O) groups is 1. The Hall–Kier alpha value is -3.75. The molecule has 0 fully saturated rings. The molecule has 1 heterocycles. The summed E-state index contributed by atoms with van der Waals surface area (Å²) < 4.78 is 10.5. The van der Waals surface area contributed by atoms with Gasteiger partial charge in [-0.2, -0.15) is 4.98 Å². The van der Waals surface area contributed by atoms with E-state index in [1.807, 2.05) is 13.8 Å². The summed E-state index contributed by atoms with van der Waals surface area (Å²) >= 11 is 0. The standard InChI is InChI=1S/C21H22N4O5/c1-4-13(2)18(22-20(26)14-8-10-17(29-3)11-9-14)21-23-19(24-30-21)15-6-5-7-16(12-15)25(27)28/h5-13,18H,4H2,1-3H3,(H,22,26)/t13-,18+/m0/s1. The van der Waals surface area contributed by atoms with Crippen LogP contribution in [0.1, 0.15) is 42.6 Å². The molecule has 30 heavy (non-hydrogen) atoms. The Kier molecular flexibility index (Phi) is 6.41. The number of nitrogens with zero attached hydrogens (tertiary/aromatic N) is 3. The maximum absolute atomic E-state index is 12.7. The molecule has 1 aromatic heterocycles. The minimum absolute atomic E-state index is 0.0191. The van der Waals surface area contributed by atoms with Gasteiger partial charge in [-0.1, -0.05) is 37.6 Å². The number of amides is 1. The molecule has 1 N–H and O–H groups in total. The van der Waals surface area contributed by atoms with E-state index in [0.717, 1.165) is 6.42 Å². The second-order valence-electron chi connectivity index (χ2n) is 6.83. The van der Waals surface area contributed by atoms with Crippen LogP contribution in [0.3, 0.4) is 0 Å². The average molecular weight is 410 g/mol. The number of non-ortho nitro benzene ring substituents is 1. The molecule has 0 aliphatic rings. The lowest BCUT2D eigenvalue weighted by molar-refractivity contribution is -0.384. The van der Waals surface area contributed by atoms with Gasteiger partial charge >= 0.3 is 0 Å². The fraction of sp³-hybridized carbons (Fsp3) is 0.286. The lowest BCUT2D eigenvalue weighted by Crippen LogP contribution is -2.32. The number of rotatable bonds is 8. The van der Waals surface area contributed by atoms with E-state index >= 15 is 0 Å². The lowest BCUT2D eigenvalue weighted by atomic mass is 9.98. The van der Waals surface area contributed by atoms with E-state index in [0.29, 0.717) is 16.9 Å². The average Bonchev–Trinajstić information content (AvgIpc) is 3.27. The van der Waals surface area contributed by atoms with E-state index in [1.54, 1.807) is 43.5 Å². The minimum atomic E-state index is -0.510. The van der Waals surface area contributed by atoms with Gasteiger partial charge in [-0.3, -0.25) is 14.9 Å². The van der Waals surface area contributed by atoms with Crippen molar-refractivity contribution in [1.29, 1.82) is 0 Å². The molecule has 156 valence electrons. The Morgan fingerprint density at radius 1 is 1.27 bits per heavy atom. The first-order chi connectivity index (χ1) is 14.4. The summed E-state index contributed by atoms with van der Waals surface area (Å²) in [5.74, 6) is 0.862. The molecule has 2 atom stereocenters. The summed E-state index contributed by atoms with van der Waals surface area (Å²) in [5.41, 5.74) is 0.872. The number of hydrogen-bond acceptors (Lipinski definition) is 7. The third kappa shape index (κ3) is 4.62. The summed E-state index contributed by atoms with van der Waals surface area (Å²) in [7, 11) is 1.56. The molecule has 9 nitrogen and oxygen atoms in total. The van der Waals surface area contributed by atoms with Gasteiger partial charge < -0.3 is 14.6 Å². The van der Waals surface area contributed by atoms with Crippen LogP contribution in [0.2, 0.25) is 0 Å². The number of nitrogens with one attached hydrogen (secondary N) is 1. The van der Waals surface area contributed by atoms with Gasteiger partial charge in [0.2, 0.25) is 11.7 Å². The number of carbonyl (C=O) groups excluding carboxylic acids is 1. The summed E-state index contributed by atoms with van der Waals surface area (Å²) in [4.78, 5) is 27.6. The van der Waals surface area contributed by atoms with Crippen LogP contribution in [0.25, 0.3) is 11.4 Å². The highest BCUT2D eigenvalue weighted by molar-refractivity contribution is 5.94. The molecule has 2 aromatic carbocycles. The highest BCUT2D eigenvalue weighted by Crippen LogP contribution is 2.27.